The molecule has 29 heavy (non-hydrogen) atoms. The van der Waals surface area contributed by atoms with Gasteiger partial charge >= 0.3 is 0 Å². The van der Waals surface area contributed by atoms with Crippen molar-refractivity contribution < 1.29 is 17.9 Å². The van der Waals surface area contributed by atoms with Gasteiger partial charge in [0, 0.05) is 19.5 Å². The molecule has 0 saturated heterocycles. The Morgan fingerprint density at radius 3 is 2.24 bits per heavy atom. The number of nitrogens with one attached hydrogen (secondary N) is 2. The zero-order valence-electron chi connectivity index (χ0n) is 17.8. The molecule has 2 N–H and O–H groups in total. The Morgan fingerprint density at radius 1 is 0.966 bits per heavy atom. The molecule has 0 radical (unpaired) electrons. The summed E-state index contributed by atoms with van der Waals surface area (Å²) in [6.07, 6.45) is 0.720. The number of benzene rings is 2. The predicted octanol–water partition coefficient (Wildman–Crippen LogP) is 2.96. The van der Waals surface area contributed by atoms with E-state index in [0.29, 0.717) is 24.1 Å². The van der Waals surface area contributed by atoms with Crippen molar-refractivity contribution in [1.29, 1.82) is 0 Å². The highest BCUT2D eigenvalue weighted by atomic mass is 32.2. The number of carbonyl (C=O) groups excluding carboxylic acids is 1. The van der Waals surface area contributed by atoms with Crippen molar-refractivity contribution in [3.8, 4) is 5.75 Å². The van der Waals surface area contributed by atoms with Crippen LogP contribution in [0, 0.1) is 27.7 Å². The van der Waals surface area contributed by atoms with E-state index in [0.717, 1.165) is 22.4 Å². The van der Waals surface area contributed by atoms with Crippen LogP contribution in [0.1, 0.15) is 34.2 Å². The van der Waals surface area contributed by atoms with Crippen molar-refractivity contribution >= 4 is 15.9 Å². The zero-order valence-corrected chi connectivity index (χ0v) is 18.6. The highest BCUT2D eigenvalue weighted by Crippen LogP contribution is 2.21. The standard InChI is InChI=1S/C22H30N2O4S/c1-15-6-7-20(28-5)19(14-15)8-10-23-21(25)9-11-24-29(26,27)22-17(3)12-16(2)13-18(22)4/h6-7,12-14,24H,8-11H2,1-5H3,(H,23,25). The van der Waals surface area contributed by atoms with Crippen LogP contribution >= 0.6 is 0 Å². The van der Waals surface area contributed by atoms with Crippen molar-refractivity contribution in [2.24, 2.45) is 0 Å². The minimum atomic E-state index is -3.66. The highest BCUT2D eigenvalue weighted by Gasteiger charge is 2.19. The second kappa shape index (κ2) is 9.89. The summed E-state index contributed by atoms with van der Waals surface area (Å²) in [6, 6.07) is 9.61. The molecular formula is C22H30N2O4S. The largest absolute Gasteiger partial charge is 0.496 e. The van der Waals surface area contributed by atoms with E-state index in [4.69, 9.17) is 4.74 Å². The van der Waals surface area contributed by atoms with Gasteiger partial charge in [0.25, 0.3) is 0 Å². The molecule has 2 rings (SSSR count). The quantitative estimate of drug-likeness (QED) is 0.656. The normalized spacial score (nSPS) is 11.3. The van der Waals surface area contributed by atoms with Gasteiger partial charge in [-0.3, -0.25) is 4.79 Å². The first-order valence-electron chi connectivity index (χ1n) is 9.62. The average Bonchev–Trinajstić information content (AvgIpc) is 2.60. The van der Waals surface area contributed by atoms with E-state index in [1.807, 2.05) is 44.2 Å². The molecule has 0 aliphatic carbocycles. The Bertz CT molecular complexity index is 961. The van der Waals surface area contributed by atoms with Crippen LogP contribution in [0.2, 0.25) is 0 Å². The van der Waals surface area contributed by atoms with Gasteiger partial charge in [-0.2, -0.15) is 0 Å². The Morgan fingerprint density at radius 2 is 1.62 bits per heavy atom. The molecule has 0 aromatic heterocycles. The third kappa shape index (κ3) is 6.30. The summed E-state index contributed by atoms with van der Waals surface area (Å²) in [5.41, 5.74) is 4.57. The molecular weight excluding hydrogens is 388 g/mol. The van der Waals surface area contributed by atoms with Gasteiger partial charge in [0.2, 0.25) is 15.9 Å². The molecule has 1 amide bonds. The first-order chi connectivity index (χ1) is 13.6. The lowest BCUT2D eigenvalue weighted by Gasteiger charge is -2.13. The van der Waals surface area contributed by atoms with Crippen LogP contribution in [0.25, 0.3) is 0 Å². The molecule has 0 fully saturated rings. The molecule has 0 bridgehead atoms. The fourth-order valence-electron chi connectivity index (χ4n) is 3.49. The van der Waals surface area contributed by atoms with Crippen LogP contribution in [0.3, 0.4) is 0 Å². The molecule has 0 aliphatic heterocycles. The summed E-state index contributed by atoms with van der Waals surface area (Å²) >= 11 is 0. The first-order valence-corrected chi connectivity index (χ1v) is 11.1. The van der Waals surface area contributed by atoms with Gasteiger partial charge < -0.3 is 10.1 Å². The topological polar surface area (TPSA) is 84.5 Å². The number of ether oxygens (including phenoxy) is 1. The Hall–Kier alpha value is -2.38. The van der Waals surface area contributed by atoms with Gasteiger partial charge in [-0.25, -0.2) is 13.1 Å². The molecule has 2 aromatic carbocycles. The lowest BCUT2D eigenvalue weighted by Crippen LogP contribution is -2.32. The fraction of sp³-hybridized carbons (Fsp3) is 0.409. The van der Waals surface area contributed by atoms with Crippen molar-refractivity contribution in [1.82, 2.24) is 10.0 Å². The summed E-state index contributed by atoms with van der Waals surface area (Å²) in [4.78, 5) is 12.4. The van der Waals surface area contributed by atoms with Gasteiger partial charge in [-0.1, -0.05) is 35.4 Å². The van der Waals surface area contributed by atoms with E-state index in [-0.39, 0.29) is 23.8 Å². The van der Waals surface area contributed by atoms with E-state index in [1.165, 1.54) is 0 Å². The number of amides is 1. The molecule has 0 aliphatic rings. The van der Waals surface area contributed by atoms with Crippen molar-refractivity contribution in [2.45, 2.75) is 45.4 Å². The Labute approximate surface area is 173 Å². The van der Waals surface area contributed by atoms with Gasteiger partial charge in [0.05, 0.1) is 12.0 Å². The van der Waals surface area contributed by atoms with E-state index < -0.39 is 10.0 Å². The number of hydrogen-bond donors (Lipinski definition) is 2. The number of methoxy groups -OCH3 is 1. The lowest BCUT2D eigenvalue weighted by atomic mass is 10.1. The van der Waals surface area contributed by atoms with Crippen LogP contribution in [0.4, 0.5) is 0 Å². The average molecular weight is 419 g/mol. The summed E-state index contributed by atoms with van der Waals surface area (Å²) in [5.74, 6) is 0.595. The van der Waals surface area contributed by atoms with Crippen LogP contribution in [0.5, 0.6) is 5.75 Å². The zero-order chi connectivity index (χ0) is 21.6. The summed E-state index contributed by atoms with van der Waals surface area (Å²) in [6.45, 7) is 8.00. The minimum absolute atomic E-state index is 0.0503. The number of rotatable bonds is 9. The summed E-state index contributed by atoms with van der Waals surface area (Å²) in [7, 11) is -2.04. The van der Waals surface area contributed by atoms with Gasteiger partial charge in [0.15, 0.2) is 0 Å². The van der Waals surface area contributed by atoms with Crippen molar-refractivity contribution in [2.75, 3.05) is 20.2 Å². The maximum Gasteiger partial charge on any atom is 0.241 e. The maximum atomic E-state index is 12.6. The molecule has 0 unspecified atom stereocenters. The maximum absolute atomic E-state index is 12.6. The summed E-state index contributed by atoms with van der Waals surface area (Å²) in [5, 5.41) is 2.83. The molecule has 2 aromatic rings. The Kier molecular flexibility index (Phi) is 7.81. The Balaban J connectivity index is 1.85. The second-order valence-electron chi connectivity index (χ2n) is 7.29. The molecule has 0 heterocycles. The number of aryl methyl sites for hydroxylation is 4. The fourth-order valence-corrected chi connectivity index (χ4v) is 4.97. The first kappa shape index (κ1) is 22.9. The van der Waals surface area contributed by atoms with Gasteiger partial charge in [0.1, 0.15) is 5.75 Å². The third-order valence-corrected chi connectivity index (χ3v) is 6.44. The van der Waals surface area contributed by atoms with Crippen molar-refractivity contribution in [3.63, 3.8) is 0 Å². The van der Waals surface area contributed by atoms with E-state index in [1.54, 1.807) is 21.0 Å². The van der Waals surface area contributed by atoms with Crippen LogP contribution in [0.15, 0.2) is 35.2 Å². The van der Waals surface area contributed by atoms with Crippen LogP contribution < -0.4 is 14.8 Å². The predicted molar refractivity (Wildman–Crippen MR) is 115 cm³/mol. The van der Waals surface area contributed by atoms with Crippen LogP contribution in [-0.4, -0.2) is 34.5 Å². The number of sulfonamides is 1. The minimum Gasteiger partial charge on any atom is -0.496 e. The SMILES string of the molecule is COc1ccc(C)cc1CCNC(=O)CCNS(=O)(=O)c1c(C)cc(C)cc1C. The number of carbonyl (C=O) groups is 1. The molecule has 6 nitrogen and oxygen atoms in total. The third-order valence-electron chi connectivity index (χ3n) is 4.67. The van der Waals surface area contributed by atoms with Crippen LogP contribution in [-0.2, 0) is 21.2 Å². The van der Waals surface area contributed by atoms with E-state index in [2.05, 4.69) is 10.0 Å². The molecule has 7 heteroatoms. The van der Waals surface area contributed by atoms with E-state index >= 15 is 0 Å². The summed E-state index contributed by atoms with van der Waals surface area (Å²) < 4.78 is 33.1. The molecule has 0 atom stereocenters. The monoisotopic (exact) mass is 418 g/mol. The number of hydrogen-bond acceptors (Lipinski definition) is 4. The lowest BCUT2D eigenvalue weighted by molar-refractivity contribution is -0.120. The second-order valence-corrected chi connectivity index (χ2v) is 8.99. The van der Waals surface area contributed by atoms with Gasteiger partial charge in [-0.15, -0.1) is 0 Å². The van der Waals surface area contributed by atoms with Crippen molar-refractivity contribution in [3.05, 3.63) is 58.1 Å². The molecule has 158 valence electrons. The smallest absolute Gasteiger partial charge is 0.241 e. The highest BCUT2D eigenvalue weighted by molar-refractivity contribution is 7.89. The van der Waals surface area contributed by atoms with E-state index in [9.17, 15) is 13.2 Å². The molecule has 0 spiro atoms. The molecule has 0 saturated carbocycles. The van der Waals surface area contributed by atoms with Gasteiger partial charge in [-0.05, 0) is 56.9 Å².